The number of hydrogen-bond acceptors (Lipinski definition) is 6. The van der Waals surface area contributed by atoms with Crippen LogP contribution in [0, 0.1) is 11.3 Å². The van der Waals surface area contributed by atoms with Crippen LogP contribution in [-0.4, -0.2) is 29.5 Å². The monoisotopic (exact) mass is 554 g/mol. The van der Waals surface area contributed by atoms with Crippen molar-refractivity contribution >= 4 is 17.5 Å². The van der Waals surface area contributed by atoms with Crippen molar-refractivity contribution in [2.24, 2.45) is 0 Å². The maximum absolute atomic E-state index is 9.77. The fourth-order valence-electron chi connectivity index (χ4n) is 5.02. The minimum atomic E-state index is 0.109. The second kappa shape index (κ2) is 12.2. The zero-order valence-corrected chi connectivity index (χ0v) is 24.0. The number of nitrogens with zero attached hydrogens (tertiary/aromatic N) is 3. The largest absolute Gasteiger partial charge is 0.489 e. The Balaban J connectivity index is 1.29. The highest BCUT2D eigenvalue weighted by molar-refractivity contribution is 6.31. The first kappa shape index (κ1) is 27.8. The number of nitriles is 1. The molecule has 4 aromatic rings. The average Bonchev–Trinajstić information content (AvgIpc) is 3.63. The molecule has 0 spiro atoms. The molecule has 1 aliphatic rings. The molecule has 7 heteroatoms. The zero-order chi connectivity index (χ0) is 28.1. The van der Waals surface area contributed by atoms with Gasteiger partial charge >= 0.3 is 0 Å². The number of nitrogens with one attached hydrogen (secondary N) is 1. The summed E-state index contributed by atoms with van der Waals surface area (Å²) in [7, 11) is 0. The van der Waals surface area contributed by atoms with Gasteiger partial charge in [0.25, 0.3) is 0 Å². The number of rotatable bonds is 9. The summed E-state index contributed by atoms with van der Waals surface area (Å²) in [6, 6.07) is 26.4. The number of ether oxygens (including phenoxy) is 1. The van der Waals surface area contributed by atoms with E-state index in [4.69, 9.17) is 20.8 Å². The Bertz CT molecular complexity index is 1460. The summed E-state index contributed by atoms with van der Waals surface area (Å²) < 4.78 is 12.0. The van der Waals surface area contributed by atoms with E-state index in [1.54, 1.807) is 0 Å². The third kappa shape index (κ3) is 6.50. The fraction of sp³-hybridized carbons (Fsp3) is 0.333. The van der Waals surface area contributed by atoms with Crippen LogP contribution in [0.25, 0.3) is 11.5 Å². The Kier molecular flexibility index (Phi) is 8.44. The van der Waals surface area contributed by atoms with Gasteiger partial charge in [-0.3, -0.25) is 4.90 Å². The minimum Gasteiger partial charge on any atom is -0.489 e. The molecule has 40 heavy (non-hydrogen) atoms. The number of benzene rings is 3. The summed E-state index contributed by atoms with van der Waals surface area (Å²) in [4.78, 5) is 6.96. The van der Waals surface area contributed by atoms with Crippen LogP contribution in [0.3, 0.4) is 0 Å². The van der Waals surface area contributed by atoms with Gasteiger partial charge in [0.2, 0.25) is 17.5 Å². The van der Waals surface area contributed by atoms with E-state index in [-0.39, 0.29) is 17.2 Å². The number of aromatic nitrogens is 1. The molecule has 1 fully saturated rings. The summed E-state index contributed by atoms with van der Waals surface area (Å²) in [5.74, 6) is 1.50. The molecular formula is C33H35ClN4O2. The lowest BCUT2D eigenvalue weighted by molar-refractivity contribution is 0.255. The van der Waals surface area contributed by atoms with Crippen LogP contribution in [0.4, 0.5) is 5.88 Å². The Morgan fingerprint density at radius 2 is 1.73 bits per heavy atom. The van der Waals surface area contributed by atoms with Crippen LogP contribution in [-0.2, 0) is 12.0 Å². The first-order valence-electron chi connectivity index (χ1n) is 13.8. The van der Waals surface area contributed by atoms with Gasteiger partial charge in [0.15, 0.2) is 0 Å². The summed E-state index contributed by atoms with van der Waals surface area (Å²) in [5.41, 5.74) is 4.62. The molecule has 206 valence electrons. The lowest BCUT2D eigenvalue weighted by atomic mass is 9.86. The maximum atomic E-state index is 9.77. The highest BCUT2D eigenvalue weighted by Gasteiger charge is 2.25. The van der Waals surface area contributed by atoms with Crippen LogP contribution in [0.1, 0.15) is 62.0 Å². The second-order valence-corrected chi connectivity index (χ2v) is 11.6. The van der Waals surface area contributed by atoms with Crippen molar-refractivity contribution in [2.75, 3.05) is 25.0 Å². The number of anilines is 1. The summed E-state index contributed by atoms with van der Waals surface area (Å²) in [6.07, 6.45) is 2.40. The molecule has 1 aliphatic heterocycles. The molecule has 1 atom stereocenters. The lowest BCUT2D eigenvalue weighted by Gasteiger charge is -2.29. The molecule has 0 unspecified atom stereocenters. The molecule has 0 radical (unpaired) electrons. The van der Waals surface area contributed by atoms with Gasteiger partial charge in [-0.2, -0.15) is 10.2 Å². The van der Waals surface area contributed by atoms with E-state index in [1.165, 1.54) is 24.0 Å². The average molecular weight is 555 g/mol. The third-order valence-electron chi connectivity index (χ3n) is 7.39. The Morgan fingerprint density at radius 3 is 2.38 bits per heavy atom. The Hall–Kier alpha value is -3.79. The summed E-state index contributed by atoms with van der Waals surface area (Å²) in [6.45, 7) is 9.81. The molecule has 6 nitrogen and oxygen atoms in total. The number of hydrogen-bond donors (Lipinski definition) is 1. The smallest absolute Gasteiger partial charge is 0.232 e. The maximum Gasteiger partial charge on any atom is 0.232 e. The van der Waals surface area contributed by atoms with Crippen LogP contribution >= 0.6 is 11.6 Å². The van der Waals surface area contributed by atoms with Crippen molar-refractivity contribution in [3.63, 3.8) is 0 Å². The van der Waals surface area contributed by atoms with E-state index >= 15 is 0 Å². The molecule has 5 rings (SSSR count). The van der Waals surface area contributed by atoms with Crippen LogP contribution in [0.15, 0.2) is 77.2 Å². The normalized spacial score (nSPS) is 14.6. The van der Waals surface area contributed by atoms with Crippen molar-refractivity contribution in [3.8, 4) is 23.3 Å². The molecule has 3 aromatic carbocycles. The molecule has 0 aliphatic carbocycles. The van der Waals surface area contributed by atoms with Gasteiger partial charge in [-0.05, 0) is 72.8 Å². The molecule has 1 N–H and O–H groups in total. The lowest BCUT2D eigenvalue weighted by Crippen LogP contribution is -2.31. The van der Waals surface area contributed by atoms with E-state index in [9.17, 15) is 5.26 Å². The number of oxazole rings is 1. The molecule has 2 heterocycles. The van der Waals surface area contributed by atoms with Gasteiger partial charge in [-0.25, -0.2) is 0 Å². The van der Waals surface area contributed by atoms with E-state index in [0.29, 0.717) is 35.7 Å². The standard InChI is InChI=1S/C33H35ClN4O2/c1-33(2,3)26-14-10-23(11-15-26)30(38-18-6-7-19-38)21-36-32-29(20-35)37-31(40-32)24-12-16-27(17-13-24)39-22-25-8-4-5-9-28(25)34/h4-5,8-17,30,36H,6-7,18-19,21-22H2,1-3H3/t30-/m1/s1. The SMILES string of the molecule is CC(C)(C)c1ccc([C@@H](CNc2oc(-c3ccc(OCc4ccccc4Cl)cc3)nc2C#N)N2CCCC2)cc1. The summed E-state index contributed by atoms with van der Waals surface area (Å²) in [5, 5.41) is 13.8. The first-order valence-corrected chi connectivity index (χ1v) is 14.2. The first-order chi connectivity index (χ1) is 19.3. The van der Waals surface area contributed by atoms with Crippen molar-refractivity contribution in [2.45, 2.75) is 51.7 Å². The van der Waals surface area contributed by atoms with E-state index in [1.807, 2.05) is 48.5 Å². The molecule has 0 bridgehead atoms. The Morgan fingerprint density at radius 1 is 1.02 bits per heavy atom. The van der Waals surface area contributed by atoms with Crippen molar-refractivity contribution in [3.05, 3.63) is 100 Å². The predicted molar refractivity (Wildman–Crippen MR) is 160 cm³/mol. The van der Waals surface area contributed by atoms with Gasteiger partial charge in [0.05, 0.1) is 6.04 Å². The van der Waals surface area contributed by atoms with Crippen LogP contribution in [0.5, 0.6) is 5.75 Å². The Labute approximate surface area is 241 Å². The van der Waals surface area contributed by atoms with Gasteiger partial charge in [0.1, 0.15) is 18.4 Å². The quantitative estimate of drug-likeness (QED) is 0.226. The molecular weight excluding hydrogens is 520 g/mol. The van der Waals surface area contributed by atoms with E-state index in [2.05, 4.69) is 66.3 Å². The molecule has 0 saturated carbocycles. The number of likely N-dealkylation sites (tertiary alicyclic amines) is 1. The van der Waals surface area contributed by atoms with E-state index < -0.39 is 0 Å². The van der Waals surface area contributed by atoms with Crippen molar-refractivity contribution in [1.29, 1.82) is 5.26 Å². The molecule has 0 amide bonds. The molecule has 1 aromatic heterocycles. The highest BCUT2D eigenvalue weighted by Crippen LogP contribution is 2.31. The van der Waals surface area contributed by atoms with Crippen LogP contribution in [0.2, 0.25) is 5.02 Å². The van der Waals surface area contributed by atoms with Crippen molar-refractivity contribution in [1.82, 2.24) is 9.88 Å². The third-order valence-corrected chi connectivity index (χ3v) is 7.75. The molecule has 1 saturated heterocycles. The fourth-order valence-corrected chi connectivity index (χ4v) is 5.21. The second-order valence-electron chi connectivity index (χ2n) is 11.2. The zero-order valence-electron chi connectivity index (χ0n) is 23.3. The van der Waals surface area contributed by atoms with Gasteiger partial charge in [-0.1, -0.05) is 74.8 Å². The number of halogens is 1. The van der Waals surface area contributed by atoms with Gasteiger partial charge < -0.3 is 14.5 Å². The van der Waals surface area contributed by atoms with Crippen LogP contribution < -0.4 is 10.1 Å². The van der Waals surface area contributed by atoms with Crippen molar-refractivity contribution < 1.29 is 9.15 Å². The topological polar surface area (TPSA) is 74.3 Å². The summed E-state index contributed by atoms with van der Waals surface area (Å²) >= 11 is 6.23. The predicted octanol–water partition coefficient (Wildman–Crippen LogP) is 7.99. The van der Waals surface area contributed by atoms with Gasteiger partial charge in [-0.15, -0.1) is 0 Å². The highest BCUT2D eigenvalue weighted by atomic mass is 35.5. The minimum absolute atomic E-state index is 0.109. The van der Waals surface area contributed by atoms with Gasteiger partial charge in [0, 0.05) is 22.7 Å². The van der Waals surface area contributed by atoms with E-state index in [0.717, 1.165) is 24.2 Å².